The molecule has 2 nitrogen and oxygen atoms in total. The van der Waals surface area contributed by atoms with Crippen molar-refractivity contribution in [1.82, 2.24) is 5.32 Å². The molecule has 0 heterocycles. The van der Waals surface area contributed by atoms with Crippen molar-refractivity contribution in [3.8, 4) is 5.75 Å². The Bertz CT molecular complexity index is 566. The fourth-order valence-corrected chi connectivity index (χ4v) is 3.03. The van der Waals surface area contributed by atoms with Gasteiger partial charge in [-0.3, -0.25) is 0 Å². The number of nitrogens with one attached hydrogen (secondary N) is 1. The molecule has 1 N–H and O–H groups in total. The molecule has 2 aromatic rings. The van der Waals surface area contributed by atoms with Crippen molar-refractivity contribution in [2.24, 2.45) is 0 Å². The van der Waals surface area contributed by atoms with Gasteiger partial charge in [-0.25, -0.2) is 0 Å². The zero-order chi connectivity index (χ0) is 15.2. The van der Waals surface area contributed by atoms with Crippen LogP contribution >= 0.6 is 22.6 Å². The molecule has 0 amide bonds. The van der Waals surface area contributed by atoms with Crippen LogP contribution in [0.25, 0.3) is 0 Å². The summed E-state index contributed by atoms with van der Waals surface area (Å²) in [5, 5.41) is 3.57. The minimum absolute atomic E-state index is 0.204. The second-order valence-electron chi connectivity index (χ2n) is 5.25. The van der Waals surface area contributed by atoms with Gasteiger partial charge in [0, 0.05) is 3.57 Å². The van der Waals surface area contributed by atoms with Gasteiger partial charge in [0.1, 0.15) is 5.75 Å². The summed E-state index contributed by atoms with van der Waals surface area (Å²) in [5.74, 6) is 0.923. The van der Waals surface area contributed by atoms with Gasteiger partial charge in [-0.15, -0.1) is 0 Å². The van der Waals surface area contributed by atoms with E-state index in [0.717, 1.165) is 12.3 Å². The van der Waals surface area contributed by atoms with E-state index in [1.807, 2.05) is 13.8 Å². The fourth-order valence-electron chi connectivity index (χ4n) is 2.33. The third-order valence-corrected chi connectivity index (χ3v) is 4.19. The summed E-state index contributed by atoms with van der Waals surface area (Å²) in [6.45, 7) is 7.16. The topological polar surface area (TPSA) is 21.3 Å². The van der Waals surface area contributed by atoms with Gasteiger partial charge in [0.2, 0.25) is 0 Å². The largest absolute Gasteiger partial charge is 0.491 e. The number of benzene rings is 2. The molecule has 2 aromatic carbocycles. The maximum Gasteiger partial charge on any atom is 0.119 e. The van der Waals surface area contributed by atoms with Crippen LogP contribution in [0.3, 0.4) is 0 Å². The lowest BCUT2D eigenvalue weighted by molar-refractivity contribution is 0.242. The van der Waals surface area contributed by atoms with E-state index in [4.69, 9.17) is 4.74 Å². The summed E-state index contributed by atoms with van der Waals surface area (Å²) < 4.78 is 7.00. The summed E-state index contributed by atoms with van der Waals surface area (Å²) in [6.07, 6.45) is 0.204. The highest BCUT2D eigenvalue weighted by Crippen LogP contribution is 2.27. The van der Waals surface area contributed by atoms with E-state index in [9.17, 15) is 0 Å². The Morgan fingerprint density at radius 3 is 2.29 bits per heavy atom. The van der Waals surface area contributed by atoms with Crippen LogP contribution in [0.15, 0.2) is 48.5 Å². The van der Waals surface area contributed by atoms with Crippen molar-refractivity contribution >= 4 is 22.6 Å². The van der Waals surface area contributed by atoms with Crippen molar-refractivity contribution in [2.45, 2.75) is 32.9 Å². The second kappa shape index (κ2) is 7.80. The van der Waals surface area contributed by atoms with Crippen LogP contribution in [0.1, 0.15) is 37.9 Å². The number of rotatable bonds is 6. The minimum atomic E-state index is 0.204. The molecule has 0 bridgehead atoms. The quantitative estimate of drug-likeness (QED) is 0.711. The maximum atomic E-state index is 5.72. The first-order valence-corrected chi connectivity index (χ1v) is 8.44. The van der Waals surface area contributed by atoms with Crippen molar-refractivity contribution in [3.05, 3.63) is 63.2 Å². The van der Waals surface area contributed by atoms with Crippen molar-refractivity contribution < 1.29 is 4.74 Å². The molecule has 1 atom stereocenters. The zero-order valence-electron chi connectivity index (χ0n) is 12.8. The fraction of sp³-hybridized carbons (Fsp3) is 0.333. The van der Waals surface area contributed by atoms with Gasteiger partial charge in [0.15, 0.2) is 0 Å². The summed E-state index contributed by atoms with van der Waals surface area (Å²) >= 11 is 2.40. The number of halogens is 1. The molecule has 0 aliphatic carbocycles. The van der Waals surface area contributed by atoms with Gasteiger partial charge in [0.05, 0.1) is 12.1 Å². The third-order valence-electron chi connectivity index (χ3n) is 3.21. The minimum Gasteiger partial charge on any atom is -0.491 e. The van der Waals surface area contributed by atoms with E-state index in [2.05, 4.69) is 83.4 Å². The number of ether oxygens (including phenoxy) is 1. The van der Waals surface area contributed by atoms with Crippen LogP contribution < -0.4 is 10.1 Å². The van der Waals surface area contributed by atoms with E-state index in [0.29, 0.717) is 0 Å². The predicted octanol–water partition coefficient (Wildman–Crippen LogP) is 4.78. The lowest BCUT2D eigenvalue weighted by Gasteiger charge is -2.21. The first-order chi connectivity index (χ1) is 10.1. The second-order valence-corrected chi connectivity index (χ2v) is 6.41. The van der Waals surface area contributed by atoms with Crippen LogP contribution in [-0.2, 0) is 0 Å². The van der Waals surface area contributed by atoms with Crippen molar-refractivity contribution in [3.63, 3.8) is 0 Å². The van der Waals surface area contributed by atoms with E-state index in [1.54, 1.807) is 0 Å². The summed E-state index contributed by atoms with van der Waals surface area (Å²) in [4.78, 5) is 0. The molecule has 3 heteroatoms. The van der Waals surface area contributed by atoms with Crippen LogP contribution in [-0.4, -0.2) is 12.6 Å². The monoisotopic (exact) mass is 395 g/mol. The lowest BCUT2D eigenvalue weighted by Crippen LogP contribution is -2.22. The molecular formula is C18H22INO. The lowest BCUT2D eigenvalue weighted by atomic mass is 9.98. The maximum absolute atomic E-state index is 5.72. The summed E-state index contributed by atoms with van der Waals surface area (Å²) in [6, 6.07) is 17.1. The summed E-state index contributed by atoms with van der Waals surface area (Å²) in [7, 11) is 0. The molecule has 0 saturated carbocycles. The van der Waals surface area contributed by atoms with Gasteiger partial charge < -0.3 is 10.1 Å². The average molecular weight is 395 g/mol. The molecule has 0 aliphatic heterocycles. The van der Waals surface area contributed by atoms with Gasteiger partial charge >= 0.3 is 0 Å². The molecule has 0 aliphatic rings. The smallest absolute Gasteiger partial charge is 0.119 e. The zero-order valence-corrected chi connectivity index (χ0v) is 14.9. The molecule has 0 saturated heterocycles. The van der Waals surface area contributed by atoms with E-state index < -0.39 is 0 Å². The van der Waals surface area contributed by atoms with E-state index in [-0.39, 0.29) is 12.1 Å². The summed E-state index contributed by atoms with van der Waals surface area (Å²) in [5.41, 5.74) is 2.58. The normalized spacial score (nSPS) is 12.4. The SMILES string of the molecule is CCNC(c1ccc(OC(C)C)cc1)c1ccccc1I. The Kier molecular flexibility index (Phi) is 6.06. The van der Waals surface area contributed by atoms with Gasteiger partial charge in [-0.05, 0) is 72.3 Å². The third kappa shape index (κ3) is 4.45. The van der Waals surface area contributed by atoms with E-state index >= 15 is 0 Å². The predicted molar refractivity (Wildman–Crippen MR) is 96.9 cm³/mol. The van der Waals surface area contributed by atoms with Crippen molar-refractivity contribution in [1.29, 1.82) is 0 Å². The highest BCUT2D eigenvalue weighted by molar-refractivity contribution is 14.1. The number of hydrogen-bond acceptors (Lipinski definition) is 2. The Morgan fingerprint density at radius 1 is 1.05 bits per heavy atom. The highest BCUT2D eigenvalue weighted by atomic mass is 127. The molecule has 0 radical (unpaired) electrons. The Labute approximate surface area is 141 Å². The highest BCUT2D eigenvalue weighted by Gasteiger charge is 2.15. The standard InChI is InChI=1S/C18H22INO/c1-4-20-18(16-7-5-6-8-17(16)19)14-9-11-15(12-10-14)21-13(2)3/h5-13,18,20H,4H2,1-3H3. The van der Waals surface area contributed by atoms with Gasteiger partial charge in [-0.1, -0.05) is 37.3 Å². The van der Waals surface area contributed by atoms with Crippen LogP contribution in [0.5, 0.6) is 5.75 Å². The van der Waals surface area contributed by atoms with Crippen molar-refractivity contribution in [2.75, 3.05) is 6.54 Å². The molecule has 0 fully saturated rings. The Balaban J connectivity index is 2.28. The van der Waals surface area contributed by atoms with Gasteiger partial charge in [-0.2, -0.15) is 0 Å². The molecule has 21 heavy (non-hydrogen) atoms. The Morgan fingerprint density at radius 2 is 1.71 bits per heavy atom. The first-order valence-electron chi connectivity index (χ1n) is 7.36. The van der Waals surface area contributed by atoms with Crippen LogP contribution in [0, 0.1) is 3.57 Å². The molecule has 112 valence electrons. The van der Waals surface area contributed by atoms with Crippen LogP contribution in [0.4, 0.5) is 0 Å². The molecule has 0 spiro atoms. The number of hydrogen-bond donors (Lipinski definition) is 1. The van der Waals surface area contributed by atoms with Gasteiger partial charge in [0.25, 0.3) is 0 Å². The molecule has 1 unspecified atom stereocenters. The molecule has 2 rings (SSSR count). The van der Waals surface area contributed by atoms with E-state index in [1.165, 1.54) is 14.7 Å². The average Bonchev–Trinajstić information content (AvgIpc) is 2.46. The molecular weight excluding hydrogens is 373 g/mol. The Hall–Kier alpha value is -1.07. The first kappa shape index (κ1) is 16.3. The van der Waals surface area contributed by atoms with Crippen LogP contribution in [0.2, 0.25) is 0 Å². The molecule has 0 aromatic heterocycles.